The van der Waals surface area contributed by atoms with Gasteiger partial charge in [0.05, 0.1) is 22.1 Å². The molecule has 0 N–H and O–H groups in total. The predicted molar refractivity (Wildman–Crippen MR) is 131 cm³/mol. The number of esters is 1. The lowest BCUT2D eigenvalue weighted by Gasteiger charge is -2.10. The molecule has 0 aliphatic carbocycles. The van der Waals surface area contributed by atoms with Crippen molar-refractivity contribution in [2.24, 2.45) is 0 Å². The summed E-state index contributed by atoms with van der Waals surface area (Å²) in [6.45, 7) is 0. The van der Waals surface area contributed by atoms with Gasteiger partial charge < -0.3 is 9.47 Å². The molecule has 0 radical (unpaired) electrons. The van der Waals surface area contributed by atoms with E-state index in [1.54, 1.807) is 43.5 Å². The maximum atomic E-state index is 12.8. The fourth-order valence-corrected chi connectivity index (χ4v) is 5.91. The lowest BCUT2D eigenvalue weighted by molar-refractivity contribution is -0.121. The number of ether oxygens (including phenoxy) is 2. The maximum Gasteiger partial charge on any atom is 0.355 e. The summed E-state index contributed by atoms with van der Waals surface area (Å²) in [4.78, 5) is 27.2. The van der Waals surface area contributed by atoms with Gasteiger partial charge in [0.25, 0.3) is 5.91 Å². The largest absolute Gasteiger partial charge is 0.493 e. The third kappa shape index (κ3) is 4.18. The van der Waals surface area contributed by atoms with E-state index >= 15 is 0 Å². The van der Waals surface area contributed by atoms with Crippen LogP contribution in [0, 0.1) is 0 Å². The number of benzene rings is 2. The molecule has 1 amide bonds. The van der Waals surface area contributed by atoms with Gasteiger partial charge in [-0.25, -0.2) is 4.79 Å². The van der Waals surface area contributed by atoms with Crippen molar-refractivity contribution in [2.45, 2.75) is 0 Å². The third-order valence-electron chi connectivity index (χ3n) is 4.47. The van der Waals surface area contributed by atoms with Crippen LogP contribution in [0.15, 0.2) is 41.3 Å². The molecule has 31 heavy (non-hydrogen) atoms. The van der Waals surface area contributed by atoms with E-state index in [0.29, 0.717) is 30.9 Å². The number of hydrogen-bond acceptors (Lipinski definition) is 7. The summed E-state index contributed by atoms with van der Waals surface area (Å²) < 4.78 is 12.2. The zero-order valence-corrected chi connectivity index (χ0v) is 20.1. The van der Waals surface area contributed by atoms with Crippen molar-refractivity contribution in [3.05, 3.63) is 61.8 Å². The SMILES string of the molecule is COc1cc(C=C2SC(=S)N(C)C2=O)ccc1OC(=O)c1sc2cccc(Cl)c2c1Cl. The quantitative estimate of drug-likeness (QED) is 0.179. The molecule has 0 bridgehead atoms. The highest BCUT2D eigenvalue weighted by atomic mass is 35.5. The van der Waals surface area contributed by atoms with Gasteiger partial charge in [-0.05, 0) is 35.9 Å². The monoisotopic (exact) mass is 509 g/mol. The number of rotatable bonds is 4. The number of thiocarbonyl (C=S) groups is 1. The van der Waals surface area contributed by atoms with Gasteiger partial charge >= 0.3 is 5.97 Å². The minimum absolute atomic E-state index is 0.164. The zero-order chi connectivity index (χ0) is 22.3. The van der Waals surface area contributed by atoms with E-state index in [9.17, 15) is 9.59 Å². The van der Waals surface area contributed by atoms with Crippen LogP contribution < -0.4 is 9.47 Å². The second-order valence-electron chi connectivity index (χ2n) is 6.40. The number of fused-ring (bicyclic) bond motifs is 1. The van der Waals surface area contributed by atoms with Crippen molar-refractivity contribution < 1.29 is 19.1 Å². The van der Waals surface area contributed by atoms with E-state index in [0.717, 1.165) is 4.70 Å². The van der Waals surface area contributed by atoms with E-state index in [-0.39, 0.29) is 21.6 Å². The Labute approximate surface area is 201 Å². The Balaban J connectivity index is 1.62. The fourth-order valence-electron chi connectivity index (χ4n) is 2.90. The maximum absolute atomic E-state index is 12.8. The van der Waals surface area contributed by atoms with Crippen molar-refractivity contribution in [2.75, 3.05) is 14.2 Å². The lowest BCUT2D eigenvalue weighted by Crippen LogP contribution is -2.22. The van der Waals surface area contributed by atoms with Crippen LogP contribution >= 0.6 is 58.5 Å². The topological polar surface area (TPSA) is 55.8 Å². The van der Waals surface area contributed by atoms with Crippen molar-refractivity contribution in [3.63, 3.8) is 0 Å². The third-order valence-corrected chi connectivity index (χ3v) is 7.89. The molecule has 5 nitrogen and oxygen atoms in total. The summed E-state index contributed by atoms with van der Waals surface area (Å²) in [6.07, 6.45) is 1.71. The lowest BCUT2D eigenvalue weighted by atomic mass is 10.2. The average Bonchev–Trinajstić information content (AvgIpc) is 3.21. The Morgan fingerprint density at radius 3 is 2.61 bits per heavy atom. The van der Waals surface area contributed by atoms with E-state index in [2.05, 4.69) is 0 Å². The van der Waals surface area contributed by atoms with Crippen molar-refractivity contribution >= 4 is 90.9 Å². The average molecular weight is 510 g/mol. The van der Waals surface area contributed by atoms with Crippen LogP contribution in [-0.4, -0.2) is 35.3 Å². The molecular weight excluding hydrogens is 497 g/mol. The van der Waals surface area contributed by atoms with Gasteiger partial charge in [0.2, 0.25) is 0 Å². The first kappa shape index (κ1) is 22.1. The molecule has 1 fully saturated rings. The van der Waals surface area contributed by atoms with E-state index < -0.39 is 5.97 Å². The van der Waals surface area contributed by atoms with Crippen LogP contribution in [0.3, 0.4) is 0 Å². The molecule has 2 heterocycles. The first-order chi connectivity index (χ1) is 14.8. The van der Waals surface area contributed by atoms with Crippen LogP contribution in [0.4, 0.5) is 0 Å². The fraction of sp³-hybridized carbons (Fsp3) is 0.0952. The minimum atomic E-state index is -0.611. The van der Waals surface area contributed by atoms with E-state index in [4.69, 9.17) is 44.9 Å². The molecule has 3 aromatic rings. The molecule has 1 aliphatic heterocycles. The molecule has 1 saturated heterocycles. The summed E-state index contributed by atoms with van der Waals surface area (Å²) in [5.41, 5.74) is 0.706. The molecule has 0 spiro atoms. The van der Waals surface area contributed by atoms with Crippen LogP contribution in [0.25, 0.3) is 16.2 Å². The van der Waals surface area contributed by atoms with Gasteiger partial charge in [-0.1, -0.05) is 59.3 Å². The van der Waals surface area contributed by atoms with Gasteiger partial charge in [-0.3, -0.25) is 9.69 Å². The summed E-state index contributed by atoms with van der Waals surface area (Å²) in [6, 6.07) is 10.3. The number of amides is 1. The molecule has 10 heteroatoms. The van der Waals surface area contributed by atoms with Gasteiger partial charge in [0.15, 0.2) is 11.5 Å². The molecule has 1 aliphatic rings. The number of likely N-dealkylation sites (N-methyl/N-ethyl adjacent to an activating group) is 1. The molecule has 158 valence electrons. The molecular formula is C21H13Cl2NO4S3. The van der Waals surface area contributed by atoms with Gasteiger partial charge in [0.1, 0.15) is 9.20 Å². The van der Waals surface area contributed by atoms with Crippen molar-refractivity contribution in [1.82, 2.24) is 4.90 Å². The highest BCUT2D eigenvalue weighted by molar-refractivity contribution is 8.26. The summed E-state index contributed by atoms with van der Waals surface area (Å²) >= 11 is 20.2. The Kier molecular flexibility index (Phi) is 6.27. The number of halogens is 2. The number of thiophene rings is 1. The summed E-state index contributed by atoms with van der Waals surface area (Å²) in [5, 5.41) is 1.35. The first-order valence-electron chi connectivity index (χ1n) is 8.78. The zero-order valence-electron chi connectivity index (χ0n) is 16.1. The van der Waals surface area contributed by atoms with Crippen LogP contribution in [0.1, 0.15) is 15.2 Å². The van der Waals surface area contributed by atoms with Crippen molar-refractivity contribution in [3.8, 4) is 11.5 Å². The standard InChI is InChI=1S/C21H13Cl2NO4S3/c1-24-19(25)15(31-21(24)29)9-10-6-7-12(13(8-10)27-2)28-20(26)18-17(23)16-11(22)4-3-5-14(16)30-18/h3-9H,1-2H3. The van der Waals surface area contributed by atoms with E-state index in [1.807, 2.05) is 6.07 Å². The molecule has 4 rings (SSSR count). The van der Waals surface area contributed by atoms with Crippen LogP contribution in [0.5, 0.6) is 11.5 Å². The predicted octanol–water partition coefficient (Wildman–Crippen LogP) is 6.27. The highest BCUT2D eigenvalue weighted by Crippen LogP contribution is 2.40. The first-order valence-corrected chi connectivity index (χ1v) is 11.6. The molecule has 1 aromatic heterocycles. The Bertz CT molecular complexity index is 1290. The Morgan fingerprint density at radius 2 is 1.97 bits per heavy atom. The normalized spacial score (nSPS) is 15.2. The van der Waals surface area contributed by atoms with Gasteiger partial charge in [-0.2, -0.15) is 0 Å². The van der Waals surface area contributed by atoms with Gasteiger partial charge in [-0.15, -0.1) is 11.3 Å². The number of nitrogens with zero attached hydrogens (tertiary/aromatic N) is 1. The highest BCUT2D eigenvalue weighted by Gasteiger charge is 2.29. The molecule has 0 saturated carbocycles. The smallest absolute Gasteiger partial charge is 0.355 e. The van der Waals surface area contributed by atoms with Crippen molar-refractivity contribution in [1.29, 1.82) is 0 Å². The minimum Gasteiger partial charge on any atom is -0.493 e. The molecule has 0 atom stereocenters. The number of thioether (sulfide) groups is 1. The Hall–Kier alpha value is -2.10. The second kappa shape index (κ2) is 8.80. The summed E-state index contributed by atoms with van der Waals surface area (Å²) in [7, 11) is 3.10. The van der Waals surface area contributed by atoms with Gasteiger partial charge in [0, 0.05) is 17.1 Å². The summed E-state index contributed by atoms with van der Waals surface area (Å²) in [5.74, 6) is -0.209. The number of methoxy groups -OCH3 is 1. The number of hydrogen-bond donors (Lipinski definition) is 0. The van der Waals surface area contributed by atoms with Crippen LogP contribution in [-0.2, 0) is 4.79 Å². The number of carbonyl (C=O) groups excluding carboxylic acids is 2. The molecule has 2 aromatic carbocycles. The second-order valence-corrected chi connectivity index (χ2v) is 9.91. The number of carbonyl (C=O) groups is 2. The molecule has 0 unspecified atom stereocenters. The van der Waals surface area contributed by atoms with Crippen LogP contribution in [0.2, 0.25) is 10.0 Å². The Morgan fingerprint density at radius 1 is 1.19 bits per heavy atom. The van der Waals surface area contributed by atoms with E-state index in [1.165, 1.54) is 35.1 Å².